The van der Waals surface area contributed by atoms with E-state index in [0.29, 0.717) is 35.3 Å². The molecule has 1 N–H and O–H groups in total. The molecular weight excluding hydrogens is 356 g/mol. The number of hydrogen-bond acceptors (Lipinski definition) is 4. The van der Waals surface area contributed by atoms with E-state index in [9.17, 15) is 4.79 Å². The van der Waals surface area contributed by atoms with Crippen molar-refractivity contribution < 1.29 is 24.1 Å². The van der Waals surface area contributed by atoms with Crippen molar-refractivity contribution in [1.82, 2.24) is 0 Å². The van der Waals surface area contributed by atoms with Crippen LogP contribution in [0.25, 0.3) is 0 Å². The summed E-state index contributed by atoms with van der Waals surface area (Å²) in [5.41, 5.74) is 0.670. The third kappa shape index (κ3) is 8.74. The van der Waals surface area contributed by atoms with E-state index < -0.39 is 12.6 Å². The summed E-state index contributed by atoms with van der Waals surface area (Å²) in [6.45, 7) is 4.69. The second-order valence-corrected chi connectivity index (χ2v) is 5.65. The average molecular weight is 381 g/mol. The Balaban J connectivity index is 2.68. The van der Waals surface area contributed by atoms with Crippen LogP contribution in [0.15, 0.2) is 54.3 Å². The number of ether oxygens (including phenoxy) is 3. The summed E-state index contributed by atoms with van der Waals surface area (Å²) >= 11 is 6.11. The minimum absolute atomic E-state index is 0.199. The molecule has 0 amide bonds. The van der Waals surface area contributed by atoms with Gasteiger partial charge in [-0.3, -0.25) is 0 Å². The molecule has 1 aromatic carbocycles. The standard InChI is InChI=1S/C20H25ClO5/c1-3-5-6-12-24-13-11-17(8-4-2)25-14-16-9-7-10-18(21)20(16)26-15-19(22)23/h3-5,7-11H,6,12-15H2,1-2H3,(H,22,23)/b5-3-,8-4-,17-11+. The molecule has 1 rings (SSSR count). The number of benzene rings is 1. The van der Waals surface area contributed by atoms with Crippen molar-refractivity contribution in [2.75, 3.05) is 19.8 Å². The monoisotopic (exact) mass is 380 g/mol. The highest BCUT2D eigenvalue weighted by Crippen LogP contribution is 2.29. The molecule has 0 radical (unpaired) electrons. The Bertz CT molecular complexity index is 650. The molecule has 0 aromatic heterocycles. The molecule has 1 aromatic rings. The Labute approximate surface area is 159 Å². The first-order valence-electron chi connectivity index (χ1n) is 8.35. The molecule has 26 heavy (non-hydrogen) atoms. The normalized spacial score (nSPS) is 12.0. The van der Waals surface area contributed by atoms with Gasteiger partial charge in [-0.05, 0) is 38.5 Å². The summed E-state index contributed by atoms with van der Waals surface area (Å²) in [5.74, 6) is -0.0944. The minimum atomic E-state index is -1.07. The smallest absolute Gasteiger partial charge is 0.341 e. The summed E-state index contributed by atoms with van der Waals surface area (Å²) in [7, 11) is 0. The first-order valence-corrected chi connectivity index (χ1v) is 8.72. The van der Waals surface area contributed by atoms with Crippen LogP contribution in [0, 0.1) is 0 Å². The quantitative estimate of drug-likeness (QED) is 0.245. The number of carbonyl (C=O) groups is 1. The van der Waals surface area contributed by atoms with E-state index in [4.69, 9.17) is 30.9 Å². The van der Waals surface area contributed by atoms with Crippen LogP contribution in [-0.4, -0.2) is 30.9 Å². The zero-order valence-corrected chi connectivity index (χ0v) is 15.9. The topological polar surface area (TPSA) is 65.0 Å². The van der Waals surface area contributed by atoms with Crippen molar-refractivity contribution in [3.63, 3.8) is 0 Å². The lowest BCUT2D eigenvalue weighted by atomic mass is 10.2. The van der Waals surface area contributed by atoms with Crippen LogP contribution in [0.5, 0.6) is 5.75 Å². The number of carboxylic acid groups (broad SMARTS) is 1. The Kier molecular flexibility index (Phi) is 10.9. The fraction of sp³-hybridized carbons (Fsp3) is 0.350. The second kappa shape index (κ2) is 13.0. The lowest BCUT2D eigenvalue weighted by molar-refractivity contribution is -0.139. The molecule has 0 aliphatic carbocycles. The maximum absolute atomic E-state index is 10.7. The van der Waals surface area contributed by atoms with Crippen LogP contribution in [-0.2, 0) is 20.9 Å². The Hall–Kier alpha value is -2.24. The molecule has 0 saturated carbocycles. The average Bonchev–Trinajstić information content (AvgIpc) is 2.61. The summed E-state index contributed by atoms with van der Waals surface area (Å²) < 4.78 is 16.6. The molecule has 142 valence electrons. The van der Waals surface area contributed by atoms with Gasteiger partial charge in [-0.1, -0.05) is 42.0 Å². The Morgan fingerprint density at radius 3 is 2.77 bits per heavy atom. The second-order valence-electron chi connectivity index (χ2n) is 5.24. The van der Waals surface area contributed by atoms with Crippen molar-refractivity contribution in [2.24, 2.45) is 0 Å². The summed E-state index contributed by atoms with van der Waals surface area (Å²) in [4.78, 5) is 10.7. The van der Waals surface area contributed by atoms with Crippen LogP contribution in [0.1, 0.15) is 25.8 Å². The van der Waals surface area contributed by atoms with Gasteiger partial charge in [0.25, 0.3) is 0 Å². The molecule has 0 heterocycles. The van der Waals surface area contributed by atoms with Crippen molar-refractivity contribution in [1.29, 1.82) is 0 Å². The number of carboxylic acids is 1. The number of para-hydroxylation sites is 1. The van der Waals surface area contributed by atoms with E-state index in [1.54, 1.807) is 18.2 Å². The highest BCUT2D eigenvalue weighted by atomic mass is 35.5. The molecule has 0 bridgehead atoms. The van der Waals surface area contributed by atoms with Gasteiger partial charge in [0.2, 0.25) is 0 Å². The zero-order chi connectivity index (χ0) is 19.2. The van der Waals surface area contributed by atoms with Gasteiger partial charge >= 0.3 is 5.97 Å². The van der Waals surface area contributed by atoms with Crippen LogP contribution in [0.3, 0.4) is 0 Å². The van der Waals surface area contributed by atoms with Crippen molar-refractivity contribution in [3.8, 4) is 5.75 Å². The molecule has 0 atom stereocenters. The van der Waals surface area contributed by atoms with Gasteiger partial charge < -0.3 is 19.3 Å². The summed E-state index contributed by atoms with van der Waals surface area (Å²) in [6, 6.07) is 5.19. The molecule has 0 saturated heterocycles. The van der Waals surface area contributed by atoms with Gasteiger partial charge in [0.1, 0.15) is 18.1 Å². The van der Waals surface area contributed by atoms with Gasteiger partial charge in [0, 0.05) is 5.56 Å². The van der Waals surface area contributed by atoms with E-state index in [-0.39, 0.29) is 6.61 Å². The first kappa shape index (κ1) is 21.8. The molecule has 0 aliphatic rings. The third-order valence-corrected chi connectivity index (χ3v) is 3.48. The summed E-state index contributed by atoms with van der Waals surface area (Å²) in [5, 5.41) is 9.13. The van der Waals surface area contributed by atoms with Gasteiger partial charge in [-0.15, -0.1) is 0 Å². The lowest BCUT2D eigenvalue weighted by Crippen LogP contribution is -2.11. The number of aliphatic carboxylic acids is 1. The fourth-order valence-electron chi connectivity index (χ4n) is 2.01. The molecule has 6 heteroatoms. The first-order chi connectivity index (χ1) is 12.6. The van der Waals surface area contributed by atoms with Gasteiger partial charge in [0.15, 0.2) is 6.61 Å². The van der Waals surface area contributed by atoms with Gasteiger partial charge in [-0.2, -0.15) is 0 Å². The lowest BCUT2D eigenvalue weighted by Gasteiger charge is -2.13. The van der Waals surface area contributed by atoms with Crippen LogP contribution in [0.2, 0.25) is 5.02 Å². The van der Waals surface area contributed by atoms with Gasteiger partial charge in [0.05, 0.1) is 18.2 Å². The van der Waals surface area contributed by atoms with Crippen molar-refractivity contribution in [2.45, 2.75) is 26.9 Å². The minimum Gasteiger partial charge on any atom is -0.489 e. The predicted molar refractivity (Wildman–Crippen MR) is 103 cm³/mol. The van der Waals surface area contributed by atoms with Gasteiger partial charge in [-0.25, -0.2) is 4.79 Å². The highest BCUT2D eigenvalue weighted by molar-refractivity contribution is 6.32. The Morgan fingerprint density at radius 2 is 2.08 bits per heavy atom. The molecule has 0 unspecified atom stereocenters. The van der Waals surface area contributed by atoms with Crippen molar-refractivity contribution >= 4 is 17.6 Å². The largest absolute Gasteiger partial charge is 0.489 e. The molecule has 5 nitrogen and oxygen atoms in total. The SMILES string of the molecule is C/C=C\CCOC/C=C(\C=C/C)OCc1cccc(Cl)c1OCC(=O)O. The molecule has 0 fully saturated rings. The maximum Gasteiger partial charge on any atom is 0.341 e. The number of allylic oxidation sites excluding steroid dienone is 3. The molecule has 0 aliphatic heterocycles. The number of rotatable bonds is 12. The van der Waals surface area contributed by atoms with Crippen LogP contribution < -0.4 is 4.74 Å². The zero-order valence-electron chi connectivity index (χ0n) is 15.1. The number of hydrogen-bond donors (Lipinski definition) is 1. The van der Waals surface area contributed by atoms with Crippen molar-refractivity contribution in [3.05, 3.63) is 64.9 Å². The van der Waals surface area contributed by atoms with Crippen LogP contribution >= 0.6 is 11.6 Å². The maximum atomic E-state index is 10.7. The van der Waals surface area contributed by atoms with Crippen LogP contribution in [0.4, 0.5) is 0 Å². The van der Waals surface area contributed by atoms with E-state index in [0.717, 1.165) is 6.42 Å². The summed E-state index contributed by atoms with van der Waals surface area (Å²) in [6.07, 6.45) is 10.4. The van der Waals surface area contributed by atoms with E-state index >= 15 is 0 Å². The fourth-order valence-corrected chi connectivity index (χ4v) is 2.25. The van der Waals surface area contributed by atoms with E-state index in [1.165, 1.54) is 0 Å². The Morgan fingerprint density at radius 1 is 1.27 bits per heavy atom. The van der Waals surface area contributed by atoms with E-state index in [1.807, 2.05) is 44.2 Å². The molecule has 0 spiro atoms. The highest BCUT2D eigenvalue weighted by Gasteiger charge is 2.11. The third-order valence-electron chi connectivity index (χ3n) is 3.18. The number of halogens is 1. The molecular formula is C20H25ClO5. The predicted octanol–water partition coefficient (Wildman–Crippen LogP) is 4.76. The van der Waals surface area contributed by atoms with E-state index in [2.05, 4.69) is 0 Å².